The van der Waals surface area contributed by atoms with Gasteiger partial charge < -0.3 is 10.2 Å². The molecule has 0 atom stereocenters. The summed E-state index contributed by atoms with van der Waals surface area (Å²) in [6.45, 7) is 0. The summed E-state index contributed by atoms with van der Waals surface area (Å²) in [6, 6.07) is 5.76. The van der Waals surface area contributed by atoms with Crippen LogP contribution in [-0.2, 0) is 0 Å². The fourth-order valence-electron chi connectivity index (χ4n) is 1.41. The minimum Gasteiger partial charge on any atom is -0.347 e. The molecule has 0 aliphatic carbocycles. The first kappa shape index (κ1) is 14.9. The molecule has 20 heavy (non-hydrogen) atoms. The molecule has 0 radical (unpaired) electrons. The van der Waals surface area contributed by atoms with E-state index in [1.807, 2.05) is 32.3 Å². The third-order valence-electron chi connectivity index (χ3n) is 2.35. The van der Waals surface area contributed by atoms with Crippen LogP contribution in [0.25, 0.3) is 0 Å². The predicted molar refractivity (Wildman–Crippen MR) is 87.1 cm³/mol. The summed E-state index contributed by atoms with van der Waals surface area (Å²) in [4.78, 5) is 14.4. The third-order valence-corrected chi connectivity index (χ3v) is 3.67. The molecule has 2 rings (SSSR count). The molecule has 106 valence electrons. The average molecular weight is 403 g/mol. The Kier molecular flexibility index (Phi) is 4.73. The molecule has 2 aromatic rings. The van der Waals surface area contributed by atoms with Crippen molar-refractivity contribution in [3.63, 3.8) is 0 Å². The summed E-state index contributed by atoms with van der Waals surface area (Å²) in [7, 11) is 3.68. The molecular formula is C11H13Br2N7. The van der Waals surface area contributed by atoms with E-state index in [-0.39, 0.29) is 5.95 Å². The second-order valence-electron chi connectivity index (χ2n) is 4.04. The normalized spacial score (nSPS) is 10.2. The molecule has 4 N–H and O–H groups in total. The molecule has 0 spiro atoms. The van der Waals surface area contributed by atoms with Crippen molar-refractivity contribution in [2.75, 3.05) is 29.7 Å². The Morgan fingerprint density at radius 2 is 1.65 bits per heavy atom. The molecule has 1 aromatic heterocycles. The Bertz CT molecular complexity index is 597. The Labute approximate surface area is 133 Å². The van der Waals surface area contributed by atoms with Gasteiger partial charge in [0.25, 0.3) is 0 Å². The topological polar surface area (TPSA) is 92.0 Å². The van der Waals surface area contributed by atoms with Gasteiger partial charge in [0.2, 0.25) is 17.8 Å². The molecule has 1 heterocycles. The van der Waals surface area contributed by atoms with E-state index in [1.165, 1.54) is 0 Å². The SMILES string of the molecule is CN(C)c1nc(NN)nc(Nc2c(Br)cccc2Br)n1. The van der Waals surface area contributed by atoms with E-state index in [1.54, 1.807) is 4.90 Å². The van der Waals surface area contributed by atoms with Crippen LogP contribution in [0.2, 0.25) is 0 Å². The highest BCUT2D eigenvalue weighted by atomic mass is 79.9. The van der Waals surface area contributed by atoms with Crippen LogP contribution in [0, 0.1) is 0 Å². The monoisotopic (exact) mass is 401 g/mol. The second-order valence-corrected chi connectivity index (χ2v) is 5.75. The van der Waals surface area contributed by atoms with Crippen LogP contribution >= 0.6 is 31.9 Å². The van der Waals surface area contributed by atoms with Crippen LogP contribution in [-0.4, -0.2) is 29.0 Å². The van der Waals surface area contributed by atoms with Gasteiger partial charge in [-0.2, -0.15) is 15.0 Å². The number of hydrazine groups is 1. The smallest absolute Gasteiger partial charge is 0.243 e. The first-order valence-electron chi connectivity index (χ1n) is 5.62. The average Bonchev–Trinajstić information content (AvgIpc) is 2.42. The maximum atomic E-state index is 5.37. The number of benzene rings is 1. The van der Waals surface area contributed by atoms with Crippen molar-refractivity contribution in [2.45, 2.75) is 0 Å². The van der Waals surface area contributed by atoms with E-state index >= 15 is 0 Å². The molecule has 9 heteroatoms. The molecule has 7 nitrogen and oxygen atoms in total. The van der Waals surface area contributed by atoms with Gasteiger partial charge >= 0.3 is 0 Å². The standard InChI is InChI=1S/C11H13Br2N7/c1-20(2)11-17-9(16-10(18-11)19-14)15-8-6(12)4-3-5-7(8)13/h3-5H,14H2,1-2H3,(H2,15,16,17,18,19). The molecule has 0 saturated heterocycles. The lowest BCUT2D eigenvalue weighted by molar-refractivity contribution is 0.956. The number of nitrogens with one attached hydrogen (secondary N) is 2. The minimum atomic E-state index is 0.286. The van der Waals surface area contributed by atoms with Crippen molar-refractivity contribution in [1.82, 2.24) is 15.0 Å². The first-order chi connectivity index (χ1) is 9.51. The van der Waals surface area contributed by atoms with Crippen LogP contribution in [0.4, 0.5) is 23.5 Å². The maximum absolute atomic E-state index is 5.37. The van der Waals surface area contributed by atoms with Crippen LogP contribution < -0.4 is 21.5 Å². The van der Waals surface area contributed by atoms with Crippen molar-refractivity contribution >= 4 is 55.4 Å². The summed E-state index contributed by atoms with van der Waals surface area (Å²) in [5, 5.41) is 3.13. The van der Waals surface area contributed by atoms with Gasteiger partial charge in [-0.05, 0) is 44.0 Å². The Balaban J connectivity index is 2.40. The summed E-state index contributed by atoms with van der Waals surface area (Å²) >= 11 is 6.95. The molecule has 0 unspecified atom stereocenters. The zero-order valence-electron chi connectivity index (χ0n) is 10.9. The van der Waals surface area contributed by atoms with Gasteiger partial charge in [-0.25, -0.2) is 5.84 Å². The lowest BCUT2D eigenvalue weighted by Crippen LogP contribution is -2.18. The van der Waals surface area contributed by atoms with Crippen molar-refractivity contribution < 1.29 is 0 Å². The second kappa shape index (κ2) is 6.33. The van der Waals surface area contributed by atoms with Crippen LogP contribution in [0.1, 0.15) is 0 Å². The van der Waals surface area contributed by atoms with E-state index in [0.29, 0.717) is 11.9 Å². The zero-order chi connectivity index (χ0) is 14.7. The van der Waals surface area contributed by atoms with Crippen LogP contribution in [0.3, 0.4) is 0 Å². The van der Waals surface area contributed by atoms with E-state index in [4.69, 9.17) is 5.84 Å². The number of para-hydroxylation sites is 1. The van der Waals surface area contributed by atoms with Gasteiger partial charge in [0.15, 0.2) is 0 Å². The van der Waals surface area contributed by atoms with E-state index < -0.39 is 0 Å². The Morgan fingerprint density at radius 3 is 2.20 bits per heavy atom. The van der Waals surface area contributed by atoms with Crippen molar-refractivity contribution in [2.24, 2.45) is 5.84 Å². The van der Waals surface area contributed by atoms with Gasteiger partial charge in [0.05, 0.1) is 5.69 Å². The summed E-state index contributed by atoms with van der Waals surface area (Å²) in [5.74, 6) is 6.55. The van der Waals surface area contributed by atoms with E-state index in [9.17, 15) is 0 Å². The molecule has 0 bridgehead atoms. The summed E-state index contributed by atoms with van der Waals surface area (Å²) in [6.07, 6.45) is 0. The number of nitrogens with zero attached hydrogens (tertiary/aromatic N) is 4. The van der Waals surface area contributed by atoms with Crippen LogP contribution in [0.15, 0.2) is 27.1 Å². The quantitative estimate of drug-likeness (QED) is 0.534. The van der Waals surface area contributed by atoms with Crippen molar-refractivity contribution in [3.05, 3.63) is 27.1 Å². The van der Waals surface area contributed by atoms with E-state index in [2.05, 4.69) is 57.6 Å². The fourth-order valence-corrected chi connectivity index (χ4v) is 2.61. The number of nitrogen functional groups attached to an aromatic ring is 1. The number of hydrogen-bond donors (Lipinski definition) is 3. The number of hydrogen-bond acceptors (Lipinski definition) is 7. The number of anilines is 4. The lowest BCUT2D eigenvalue weighted by Gasteiger charge is -2.14. The summed E-state index contributed by atoms with van der Waals surface area (Å²) < 4.78 is 1.78. The van der Waals surface area contributed by atoms with E-state index in [0.717, 1.165) is 14.6 Å². The fraction of sp³-hybridized carbons (Fsp3) is 0.182. The maximum Gasteiger partial charge on any atom is 0.243 e. The molecule has 1 aromatic carbocycles. The number of rotatable bonds is 4. The highest BCUT2D eigenvalue weighted by molar-refractivity contribution is 9.11. The van der Waals surface area contributed by atoms with Gasteiger partial charge in [0.1, 0.15) is 0 Å². The number of halogens is 2. The summed E-state index contributed by atoms with van der Waals surface area (Å²) in [5.41, 5.74) is 3.25. The van der Waals surface area contributed by atoms with Crippen molar-refractivity contribution in [3.8, 4) is 0 Å². The predicted octanol–water partition coefficient (Wildman–Crippen LogP) is 2.49. The van der Waals surface area contributed by atoms with Crippen molar-refractivity contribution in [1.29, 1.82) is 0 Å². The molecule has 0 aliphatic heterocycles. The van der Waals surface area contributed by atoms with Gasteiger partial charge in [-0.15, -0.1) is 0 Å². The minimum absolute atomic E-state index is 0.286. The number of aromatic nitrogens is 3. The van der Waals surface area contributed by atoms with Gasteiger partial charge in [-0.3, -0.25) is 5.43 Å². The molecule has 0 saturated carbocycles. The molecule has 0 amide bonds. The Morgan fingerprint density at radius 1 is 1.05 bits per heavy atom. The van der Waals surface area contributed by atoms with Gasteiger partial charge in [0, 0.05) is 23.0 Å². The molecular weight excluding hydrogens is 390 g/mol. The lowest BCUT2D eigenvalue weighted by atomic mass is 10.3. The largest absolute Gasteiger partial charge is 0.347 e. The Hall–Kier alpha value is -1.45. The first-order valence-corrected chi connectivity index (χ1v) is 7.21. The zero-order valence-corrected chi connectivity index (χ0v) is 14.0. The third kappa shape index (κ3) is 3.35. The van der Waals surface area contributed by atoms with Gasteiger partial charge in [-0.1, -0.05) is 6.07 Å². The number of nitrogens with two attached hydrogens (primary N) is 1. The molecule has 0 aliphatic rings. The molecule has 0 fully saturated rings. The van der Waals surface area contributed by atoms with Crippen LogP contribution in [0.5, 0.6) is 0 Å². The highest BCUT2D eigenvalue weighted by Crippen LogP contribution is 2.32. The highest BCUT2D eigenvalue weighted by Gasteiger charge is 2.10.